The Morgan fingerprint density at radius 1 is 1.39 bits per heavy atom. The van der Waals surface area contributed by atoms with E-state index >= 15 is 0 Å². The molecule has 0 bridgehead atoms. The standard InChI is InChI=1S/C15H23NO2/c1-3-13-12(9-10-18-13)15(16)11-7-5-6-8-14(11)17-4-2/h5-8,12-13,15H,3-4,9-10,16H2,1-2H3. The molecule has 1 aromatic rings. The average molecular weight is 249 g/mol. The van der Waals surface area contributed by atoms with Gasteiger partial charge in [0.25, 0.3) is 0 Å². The summed E-state index contributed by atoms with van der Waals surface area (Å²) in [7, 11) is 0. The molecule has 18 heavy (non-hydrogen) atoms. The Morgan fingerprint density at radius 2 is 2.17 bits per heavy atom. The lowest BCUT2D eigenvalue weighted by molar-refractivity contribution is 0.0810. The number of hydrogen-bond donors (Lipinski definition) is 1. The molecule has 1 saturated heterocycles. The van der Waals surface area contributed by atoms with Crippen LogP contribution in [0.1, 0.15) is 38.3 Å². The van der Waals surface area contributed by atoms with Gasteiger partial charge in [0.15, 0.2) is 0 Å². The van der Waals surface area contributed by atoms with Gasteiger partial charge in [0.1, 0.15) is 5.75 Å². The lowest BCUT2D eigenvalue weighted by Crippen LogP contribution is -2.28. The summed E-state index contributed by atoms with van der Waals surface area (Å²) in [6.45, 7) is 5.65. The predicted octanol–water partition coefficient (Wildman–Crippen LogP) is 2.90. The average Bonchev–Trinajstić information content (AvgIpc) is 2.87. The third kappa shape index (κ3) is 2.68. The molecule has 0 amide bonds. The van der Waals surface area contributed by atoms with Crippen LogP contribution in [0, 0.1) is 5.92 Å². The molecule has 1 heterocycles. The van der Waals surface area contributed by atoms with Gasteiger partial charge in [0.05, 0.1) is 12.7 Å². The van der Waals surface area contributed by atoms with Gasteiger partial charge in [-0.05, 0) is 25.8 Å². The molecule has 3 unspecified atom stereocenters. The SMILES string of the molecule is CCOc1ccccc1C(N)C1CCOC1CC. The molecule has 3 heteroatoms. The first kappa shape index (κ1) is 13.4. The summed E-state index contributed by atoms with van der Waals surface area (Å²) in [6, 6.07) is 8.08. The van der Waals surface area contributed by atoms with E-state index in [1.165, 1.54) is 0 Å². The van der Waals surface area contributed by atoms with Crippen LogP contribution in [0.25, 0.3) is 0 Å². The minimum Gasteiger partial charge on any atom is -0.494 e. The molecule has 1 aliphatic rings. The lowest BCUT2D eigenvalue weighted by atomic mass is 9.87. The molecule has 0 saturated carbocycles. The quantitative estimate of drug-likeness (QED) is 0.872. The van der Waals surface area contributed by atoms with Crippen LogP contribution in [0.2, 0.25) is 0 Å². The van der Waals surface area contributed by atoms with Gasteiger partial charge >= 0.3 is 0 Å². The summed E-state index contributed by atoms with van der Waals surface area (Å²) in [5.74, 6) is 1.31. The van der Waals surface area contributed by atoms with Crippen molar-refractivity contribution in [3.05, 3.63) is 29.8 Å². The molecule has 0 radical (unpaired) electrons. The Kier molecular flexibility index (Phi) is 4.61. The maximum Gasteiger partial charge on any atom is 0.124 e. The predicted molar refractivity (Wildman–Crippen MR) is 72.7 cm³/mol. The number of hydrogen-bond acceptors (Lipinski definition) is 3. The lowest BCUT2D eigenvalue weighted by Gasteiger charge is -2.25. The van der Waals surface area contributed by atoms with E-state index in [-0.39, 0.29) is 12.1 Å². The summed E-state index contributed by atoms with van der Waals surface area (Å²) < 4.78 is 11.4. The second-order valence-electron chi connectivity index (χ2n) is 4.77. The van der Waals surface area contributed by atoms with Crippen molar-refractivity contribution in [2.24, 2.45) is 11.7 Å². The van der Waals surface area contributed by atoms with E-state index in [1.807, 2.05) is 25.1 Å². The number of nitrogens with two attached hydrogens (primary N) is 1. The molecular weight excluding hydrogens is 226 g/mol. The van der Waals surface area contributed by atoms with Crippen LogP contribution in [0.3, 0.4) is 0 Å². The molecule has 0 aromatic heterocycles. The Morgan fingerprint density at radius 3 is 2.89 bits per heavy atom. The van der Waals surface area contributed by atoms with Crippen molar-refractivity contribution in [3.8, 4) is 5.75 Å². The van der Waals surface area contributed by atoms with Crippen molar-refractivity contribution in [3.63, 3.8) is 0 Å². The van der Waals surface area contributed by atoms with Crippen LogP contribution >= 0.6 is 0 Å². The highest BCUT2D eigenvalue weighted by molar-refractivity contribution is 5.36. The molecule has 0 spiro atoms. The van der Waals surface area contributed by atoms with E-state index in [0.717, 1.165) is 30.8 Å². The highest BCUT2D eigenvalue weighted by Crippen LogP contribution is 2.36. The third-order valence-corrected chi connectivity index (χ3v) is 3.70. The summed E-state index contributed by atoms with van der Waals surface area (Å²) in [6.07, 6.45) is 2.35. The zero-order valence-electron chi connectivity index (χ0n) is 11.3. The number of benzene rings is 1. The first-order chi connectivity index (χ1) is 8.77. The molecule has 3 atom stereocenters. The Balaban J connectivity index is 2.19. The van der Waals surface area contributed by atoms with E-state index in [4.69, 9.17) is 15.2 Å². The summed E-state index contributed by atoms with van der Waals surface area (Å²) in [5.41, 5.74) is 7.54. The highest BCUT2D eigenvalue weighted by Gasteiger charge is 2.33. The van der Waals surface area contributed by atoms with E-state index in [9.17, 15) is 0 Å². The second kappa shape index (κ2) is 6.21. The molecule has 3 nitrogen and oxygen atoms in total. The Bertz CT molecular complexity index is 381. The van der Waals surface area contributed by atoms with Gasteiger partial charge in [-0.3, -0.25) is 0 Å². The normalized spacial score (nSPS) is 25.1. The van der Waals surface area contributed by atoms with Crippen LogP contribution in [0.15, 0.2) is 24.3 Å². The van der Waals surface area contributed by atoms with Crippen molar-refractivity contribution in [1.29, 1.82) is 0 Å². The van der Waals surface area contributed by atoms with Gasteiger partial charge in [-0.15, -0.1) is 0 Å². The minimum absolute atomic E-state index is 0.000185. The second-order valence-corrected chi connectivity index (χ2v) is 4.77. The van der Waals surface area contributed by atoms with Crippen molar-refractivity contribution < 1.29 is 9.47 Å². The van der Waals surface area contributed by atoms with Crippen molar-refractivity contribution in [2.45, 2.75) is 38.8 Å². The first-order valence-electron chi connectivity index (χ1n) is 6.86. The molecule has 1 aromatic carbocycles. The first-order valence-corrected chi connectivity index (χ1v) is 6.86. The van der Waals surface area contributed by atoms with Gasteiger partial charge < -0.3 is 15.2 Å². The van der Waals surface area contributed by atoms with Crippen LogP contribution in [0.4, 0.5) is 0 Å². The number of para-hydroxylation sites is 1. The summed E-state index contributed by atoms with van der Waals surface area (Å²) in [5, 5.41) is 0. The third-order valence-electron chi connectivity index (χ3n) is 3.70. The zero-order chi connectivity index (χ0) is 13.0. The molecule has 2 N–H and O–H groups in total. The van der Waals surface area contributed by atoms with Crippen molar-refractivity contribution in [1.82, 2.24) is 0 Å². The zero-order valence-corrected chi connectivity index (χ0v) is 11.3. The molecule has 0 aliphatic carbocycles. The fraction of sp³-hybridized carbons (Fsp3) is 0.600. The van der Waals surface area contributed by atoms with E-state index in [0.29, 0.717) is 12.5 Å². The van der Waals surface area contributed by atoms with Gasteiger partial charge in [-0.2, -0.15) is 0 Å². The van der Waals surface area contributed by atoms with Crippen LogP contribution < -0.4 is 10.5 Å². The van der Waals surface area contributed by atoms with Crippen molar-refractivity contribution >= 4 is 0 Å². The Hall–Kier alpha value is -1.06. The fourth-order valence-corrected chi connectivity index (χ4v) is 2.77. The smallest absolute Gasteiger partial charge is 0.124 e. The number of ether oxygens (including phenoxy) is 2. The largest absolute Gasteiger partial charge is 0.494 e. The molecule has 1 fully saturated rings. The van der Waals surface area contributed by atoms with Crippen LogP contribution in [-0.2, 0) is 4.74 Å². The maximum absolute atomic E-state index is 6.44. The van der Waals surface area contributed by atoms with Gasteiger partial charge in [0.2, 0.25) is 0 Å². The molecule has 2 rings (SSSR count). The van der Waals surface area contributed by atoms with Crippen LogP contribution in [0.5, 0.6) is 5.75 Å². The van der Waals surface area contributed by atoms with Gasteiger partial charge in [0, 0.05) is 24.1 Å². The highest BCUT2D eigenvalue weighted by atomic mass is 16.5. The molecule has 1 aliphatic heterocycles. The minimum atomic E-state index is 0.000185. The molecular formula is C15H23NO2. The van der Waals surface area contributed by atoms with Gasteiger partial charge in [-0.1, -0.05) is 25.1 Å². The Labute approximate surface area is 109 Å². The van der Waals surface area contributed by atoms with Crippen molar-refractivity contribution in [2.75, 3.05) is 13.2 Å². The monoisotopic (exact) mass is 249 g/mol. The van der Waals surface area contributed by atoms with E-state index in [2.05, 4.69) is 13.0 Å². The maximum atomic E-state index is 6.44. The topological polar surface area (TPSA) is 44.5 Å². The molecule has 100 valence electrons. The summed E-state index contributed by atoms with van der Waals surface area (Å²) >= 11 is 0. The van der Waals surface area contributed by atoms with Crippen LogP contribution in [-0.4, -0.2) is 19.3 Å². The summed E-state index contributed by atoms with van der Waals surface area (Å²) in [4.78, 5) is 0. The van der Waals surface area contributed by atoms with Gasteiger partial charge in [-0.25, -0.2) is 0 Å². The van der Waals surface area contributed by atoms with E-state index < -0.39 is 0 Å². The van der Waals surface area contributed by atoms with E-state index in [1.54, 1.807) is 0 Å². The number of rotatable bonds is 5. The fourth-order valence-electron chi connectivity index (χ4n) is 2.77.